The van der Waals surface area contributed by atoms with Crippen LogP contribution in [0.1, 0.15) is 32.1 Å². The van der Waals surface area contributed by atoms with E-state index < -0.39 is 0 Å². The summed E-state index contributed by atoms with van der Waals surface area (Å²) in [5.41, 5.74) is 0.393. The fourth-order valence-electron chi connectivity index (χ4n) is 1.10. The first kappa shape index (κ1) is 11.3. The van der Waals surface area contributed by atoms with Gasteiger partial charge in [-0.05, 0) is 29.7 Å². The quantitative estimate of drug-likeness (QED) is 0.700. The molecule has 0 aliphatic rings. The van der Waals surface area contributed by atoms with Gasteiger partial charge in [-0.25, -0.2) is 0 Å². The first-order valence-corrected chi connectivity index (χ1v) is 6.52. The lowest BCUT2D eigenvalue weighted by Crippen LogP contribution is -2.24. The predicted octanol–water partition coefficient (Wildman–Crippen LogP) is 4.49. The molecular formula is C11H17BrS. The van der Waals surface area contributed by atoms with Gasteiger partial charge in [-0.1, -0.05) is 42.8 Å². The van der Waals surface area contributed by atoms with Crippen molar-refractivity contribution >= 4 is 27.3 Å². The predicted molar refractivity (Wildman–Crippen MR) is 64.8 cm³/mol. The molecule has 1 atom stereocenters. The third-order valence-electron chi connectivity index (χ3n) is 2.72. The summed E-state index contributed by atoms with van der Waals surface area (Å²) in [6.07, 6.45) is 2.37. The molecule has 0 bridgehead atoms. The van der Waals surface area contributed by atoms with Crippen molar-refractivity contribution in [1.29, 1.82) is 0 Å². The number of alkyl halides is 1. The highest BCUT2D eigenvalue weighted by Gasteiger charge is 2.25. The van der Waals surface area contributed by atoms with E-state index in [1.165, 1.54) is 11.3 Å². The Bertz CT molecular complexity index is 239. The third-order valence-corrected chi connectivity index (χ3v) is 5.18. The van der Waals surface area contributed by atoms with Gasteiger partial charge < -0.3 is 0 Å². The van der Waals surface area contributed by atoms with E-state index in [2.05, 4.69) is 54.2 Å². The van der Waals surface area contributed by atoms with Gasteiger partial charge in [0.25, 0.3) is 0 Å². The van der Waals surface area contributed by atoms with E-state index in [1.807, 2.05) is 11.3 Å². The normalized spacial score (nSPS) is 14.5. The minimum Gasteiger partial charge on any atom is -0.149 e. The molecule has 0 N–H and O–H groups in total. The molecule has 74 valence electrons. The maximum absolute atomic E-state index is 3.79. The van der Waals surface area contributed by atoms with Gasteiger partial charge in [0, 0.05) is 9.70 Å². The number of hydrogen-bond donors (Lipinski definition) is 0. The smallest absolute Gasteiger partial charge is 0.0245 e. The van der Waals surface area contributed by atoms with Crippen LogP contribution in [0.15, 0.2) is 17.5 Å². The summed E-state index contributed by atoms with van der Waals surface area (Å²) < 4.78 is 0. The maximum Gasteiger partial charge on any atom is 0.0245 e. The molecule has 1 aromatic rings. The minimum absolute atomic E-state index is 0.393. The molecule has 1 heterocycles. The Labute approximate surface area is 93.5 Å². The summed E-state index contributed by atoms with van der Waals surface area (Å²) in [6.45, 7) is 6.89. The Hall–Kier alpha value is 0.180. The average Bonchev–Trinajstić information content (AvgIpc) is 2.57. The van der Waals surface area contributed by atoms with Gasteiger partial charge in [0.15, 0.2) is 0 Å². The van der Waals surface area contributed by atoms with Gasteiger partial charge in [0.05, 0.1) is 0 Å². The summed E-state index contributed by atoms with van der Waals surface area (Å²) in [5, 5.41) is 2.15. The summed E-state index contributed by atoms with van der Waals surface area (Å²) in [5.74, 6) is 0. The van der Waals surface area contributed by atoms with E-state index in [0.29, 0.717) is 10.2 Å². The van der Waals surface area contributed by atoms with Gasteiger partial charge >= 0.3 is 0 Å². The SMILES string of the molecule is CCC(C)(C)C(Br)Cc1cccs1. The van der Waals surface area contributed by atoms with Gasteiger partial charge in [-0.2, -0.15) is 0 Å². The molecule has 0 aliphatic heterocycles. The molecule has 2 heteroatoms. The number of hydrogen-bond acceptors (Lipinski definition) is 1. The zero-order valence-electron chi connectivity index (χ0n) is 8.51. The van der Waals surface area contributed by atoms with Crippen molar-refractivity contribution in [3.8, 4) is 0 Å². The second kappa shape index (κ2) is 4.61. The van der Waals surface area contributed by atoms with E-state index in [1.54, 1.807) is 0 Å². The lowest BCUT2D eigenvalue weighted by molar-refractivity contribution is 0.340. The largest absolute Gasteiger partial charge is 0.149 e. The second-order valence-electron chi connectivity index (χ2n) is 4.09. The van der Waals surface area contributed by atoms with Crippen molar-refractivity contribution in [1.82, 2.24) is 0 Å². The molecule has 0 fully saturated rings. The molecule has 1 rings (SSSR count). The van der Waals surface area contributed by atoms with Crippen LogP contribution in [0.25, 0.3) is 0 Å². The summed E-state index contributed by atoms with van der Waals surface area (Å²) in [4.78, 5) is 2.06. The van der Waals surface area contributed by atoms with Crippen molar-refractivity contribution in [2.45, 2.75) is 38.4 Å². The van der Waals surface area contributed by atoms with E-state index in [9.17, 15) is 0 Å². The highest BCUT2D eigenvalue weighted by atomic mass is 79.9. The van der Waals surface area contributed by atoms with Crippen LogP contribution >= 0.6 is 27.3 Å². The Balaban J connectivity index is 2.55. The Morgan fingerprint density at radius 3 is 2.69 bits per heavy atom. The molecule has 0 aromatic carbocycles. The van der Waals surface area contributed by atoms with Crippen LogP contribution in [0.5, 0.6) is 0 Å². The maximum atomic E-state index is 3.79. The van der Waals surface area contributed by atoms with Gasteiger partial charge in [0.1, 0.15) is 0 Å². The Morgan fingerprint density at radius 1 is 1.54 bits per heavy atom. The molecule has 1 aromatic heterocycles. The first-order chi connectivity index (χ1) is 6.06. The Kier molecular flexibility index (Phi) is 3.99. The Morgan fingerprint density at radius 2 is 2.23 bits per heavy atom. The van der Waals surface area contributed by atoms with E-state index in [-0.39, 0.29) is 0 Å². The summed E-state index contributed by atoms with van der Waals surface area (Å²) >= 11 is 5.64. The van der Waals surface area contributed by atoms with Crippen molar-refractivity contribution in [3.05, 3.63) is 22.4 Å². The molecule has 0 nitrogen and oxygen atoms in total. The summed E-state index contributed by atoms with van der Waals surface area (Å²) in [7, 11) is 0. The second-order valence-corrected chi connectivity index (χ2v) is 6.23. The lowest BCUT2D eigenvalue weighted by atomic mass is 9.85. The molecule has 0 aliphatic carbocycles. The van der Waals surface area contributed by atoms with Gasteiger partial charge in [0.2, 0.25) is 0 Å². The van der Waals surface area contributed by atoms with Crippen LogP contribution in [0.2, 0.25) is 0 Å². The molecule has 0 saturated carbocycles. The van der Waals surface area contributed by atoms with E-state index >= 15 is 0 Å². The highest BCUT2D eigenvalue weighted by molar-refractivity contribution is 9.09. The van der Waals surface area contributed by atoms with Crippen molar-refractivity contribution in [3.63, 3.8) is 0 Å². The fraction of sp³-hybridized carbons (Fsp3) is 0.636. The third kappa shape index (κ3) is 3.10. The number of halogens is 1. The monoisotopic (exact) mass is 260 g/mol. The van der Waals surface area contributed by atoms with Crippen LogP contribution in [-0.4, -0.2) is 4.83 Å². The van der Waals surface area contributed by atoms with Gasteiger partial charge in [-0.15, -0.1) is 11.3 Å². The molecule has 0 amide bonds. The van der Waals surface area contributed by atoms with E-state index in [4.69, 9.17) is 0 Å². The highest BCUT2D eigenvalue weighted by Crippen LogP contribution is 2.33. The number of rotatable bonds is 4. The first-order valence-electron chi connectivity index (χ1n) is 4.72. The summed E-state index contributed by atoms with van der Waals surface area (Å²) in [6, 6.07) is 4.34. The molecular weight excluding hydrogens is 244 g/mol. The standard InChI is InChI=1S/C11H17BrS/c1-4-11(2,3)10(12)8-9-6-5-7-13-9/h5-7,10H,4,8H2,1-3H3. The van der Waals surface area contributed by atoms with Crippen LogP contribution in [-0.2, 0) is 6.42 Å². The molecule has 1 unspecified atom stereocenters. The van der Waals surface area contributed by atoms with Crippen molar-refractivity contribution in [2.24, 2.45) is 5.41 Å². The van der Waals surface area contributed by atoms with Crippen molar-refractivity contribution < 1.29 is 0 Å². The van der Waals surface area contributed by atoms with Crippen LogP contribution < -0.4 is 0 Å². The zero-order chi connectivity index (χ0) is 9.90. The lowest BCUT2D eigenvalue weighted by Gasteiger charge is -2.28. The molecule has 0 saturated heterocycles. The van der Waals surface area contributed by atoms with Crippen LogP contribution in [0.3, 0.4) is 0 Å². The van der Waals surface area contributed by atoms with Crippen molar-refractivity contribution in [2.75, 3.05) is 0 Å². The molecule has 0 spiro atoms. The molecule has 13 heavy (non-hydrogen) atoms. The molecule has 0 radical (unpaired) electrons. The number of thiophene rings is 1. The zero-order valence-corrected chi connectivity index (χ0v) is 10.9. The van der Waals surface area contributed by atoms with Crippen LogP contribution in [0, 0.1) is 5.41 Å². The average molecular weight is 261 g/mol. The fourth-order valence-corrected chi connectivity index (χ4v) is 2.74. The topological polar surface area (TPSA) is 0 Å². The van der Waals surface area contributed by atoms with Gasteiger partial charge in [-0.3, -0.25) is 0 Å². The minimum atomic E-state index is 0.393. The van der Waals surface area contributed by atoms with Crippen LogP contribution in [0.4, 0.5) is 0 Å². The van der Waals surface area contributed by atoms with E-state index in [0.717, 1.165) is 6.42 Å².